The van der Waals surface area contributed by atoms with Gasteiger partial charge in [-0.2, -0.15) is 4.68 Å². The van der Waals surface area contributed by atoms with E-state index in [0.717, 1.165) is 47.9 Å². The maximum atomic E-state index is 13.0. The maximum absolute atomic E-state index is 13.0. The van der Waals surface area contributed by atoms with Gasteiger partial charge in [-0.25, -0.2) is 0 Å². The van der Waals surface area contributed by atoms with E-state index >= 15 is 0 Å². The number of carbonyl (C=O) groups is 1. The van der Waals surface area contributed by atoms with Gasteiger partial charge in [-0.1, -0.05) is 30.3 Å². The fourth-order valence-corrected chi connectivity index (χ4v) is 4.70. The second-order valence-corrected chi connectivity index (χ2v) is 8.43. The number of benzene rings is 1. The average molecular weight is 397 g/mol. The van der Waals surface area contributed by atoms with Crippen LogP contribution < -0.4 is 5.32 Å². The van der Waals surface area contributed by atoms with Gasteiger partial charge >= 0.3 is 0 Å². The van der Waals surface area contributed by atoms with Crippen molar-refractivity contribution in [2.45, 2.75) is 39.3 Å². The fourth-order valence-electron chi connectivity index (χ4n) is 3.63. The Kier molecular flexibility index (Phi) is 5.50. The van der Waals surface area contributed by atoms with E-state index in [-0.39, 0.29) is 11.9 Å². The molecule has 1 fully saturated rings. The summed E-state index contributed by atoms with van der Waals surface area (Å²) in [7, 11) is 0. The lowest BCUT2D eigenvalue weighted by Gasteiger charge is -2.32. The molecule has 7 nitrogen and oxygen atoms in total. The number of likely N-dealkylation sites (tertiary alicyclic amines) is 1. The maximum Gasteiger partial charge on any atom is 0.254 e. The van der Waals surface area contributed by atoms with Crippen LogP contribution in [0.25, 0.3) is 5.00 Å². The van der Waals surface area contributed by atoms with Crippen LogP contribution in [0.4, 0.5) is 0 Å². The molecule has 8 heteroatoms. The Morgan fingerprint density at radius 3 is 2.64 bits per heavy atom. The number of thiophene rings is 1. The summed E-state index contributed by atoms with van der Waals surface area (Å²) in [6.45, 7) is 6.94. The summed E-state index contributed by atoms with van der Waals surface area (Å²) in [5.74, 6) is -0.0335. The molecule has 146 valence electrons. The molecular formula is C20H24N6OS. The van der Waals surface area contributed by atoms with Crippen LogP contribution in [0.15, 0.2) is 36.7 Å². The first-order chi connectivity index (χ1) is 13.6. The smallest absolute Gasteiger partial charge is 0.254 e. The second kappa shape index (κ2) is 8.20. The number of aromatic nitrogens is 4. The van der Waals surface area contributed by atoms with Crippen LogP contribution in [0, 0.1) is 13.8 Å². The zero-order valence-electron chi connectivity index (χ0n) is 16.1. The molecular weight excluding hydrogens is 372 g/mol. The predicted octanol–water partition coefficient (Wildman–Crippen LogP) is 2.74. The van der Waals surface area contributed by atoms with Gasteiger partial charge in [0.25, 0.3) is 5.91 Å². The summed E-state index contributed by atoms with van der Waals surface area (Å²) in [6.07, 6.45) is 3.45. The highest BCUT2D eigenvalue weighted by Gasteiger charge is 2.26. The zero-order chi connectivity index (χ0) is 19.5. The molecule has 0 aliphatic carbocycles. The monoisotopic (exact) mass is 396 g/mol. The quantitative estimate of drug-likeness (QED) is 0.718. The highest BCUT2D eigenvalue weighted by molar-refractivity contribution is 7.15. The molecule has 1 amide bonds. The van der Waals surface area contributed by atoms with Crippen molar-refractivity contribution in [2.24, 2.45) is 0 Å². The lowest BCUT2D eigenvalue weighted by Crippen LogP contribution is -2.44. The third-order valence-corrected chi connectivity index (χ3v) is 6.52. The van der Waals surface area contributed by atoms with E-state index in [2.05, 4.69) is 50.0 Å². The minimum Gasteiger partial charge on any atom is -0.349 e. The van der Waals surface area contributed by atoms with Gasteiger partial charge in [0, 0.05) is 30.6 Å². The van der Waals surface area contributed by atoms with Gasteiger partial charge in [-0.05, 0) is 48.2 Å². The van der Waals surface area contributed by atoms with E-state index in [1.807, 2.05) is 19.9 Å². The molecule has 2 aromatic heterocycles. The SMILES string of the molecule is Cc1sc(-n2cnnn2)c(C(=O)NC2CCN(Cc3ccccc3)CC2)c1C. The molecule has 0 saturated carbocycles. The number of aryl methyl sites for hydroxylation is 1. The number of tetrazole rings is 1. The molecule has 3 heterocycles. The molecule has 3 aromatic rings. The Hall–Kier alpha value is -2.58. The molecule has 0 bridgehead atoms. The predicted molar refractivity (Wildman–Crippen MR) is 109 cm³/mol. The van der Waals surface area contributed by atoms with Crippen molar-refractivity contribution in [1.29, 1.82) is 0 Å². The van der Waals surface area contributed by atoms with E-state index in [0.29, 0.717) is 5.56 Å². The summed E-state index contributed by atoms with van der Waals surface area (Å²) in [5, 5.41) is 15.4. The van der Waals surface area contributed by atoms with Gasteiger partial charge in [0.2, 0.25) is 0 Å². The number of nitrogens with one attached hydrogen (secondary N) is 1. The number of carbonyl (C=O) groups excluding carboxylic acids is 1. The van der Waals surface area contributed by atoms with Crippen LogP contribution >= 0.6 is 11.3 Å². The van der Waals surface area contributed by atoms with E-state index in [4.69, 9.17) is 0 Å². The Morgan fingerprint density at radius 2 is 1.96 bits per heavy atom. The summed E-state index contributed by atoms with van der Waals surface area (Å²) in [4.78, 5) is 16.6. The molecule has 0 atom stereocenters. The van der Waals surface area contributed by atoms with Crippen molar-refractivity contribution in [2.75, 3.05) is 13.1 Å². The van der Waals surface area contributed by atoms with Crippen molar-refractivity contribution in [3.05, 3.63) is 58.2 Å². The van der Waals surface area contributed by atoms with Gasteiger partial charge < -0.3 is 5.32 Å². The van der Waals surface area contributed by atoms with Crippen molar-refractivity contribution in [1.82, 2.24) is 30.4 Å². The molecule has 1 saturated heterocycles. The third-order valence-electron chi connectivity index (χ3n) is 5.32. The highest BCUT2D eigenvalue weighted by Crippen LogP contribution is 2.30. The number of hydrogen-bond acceptors (Lipinski definition) is 6. The first-order valence-electron chi connectivity index (χ1n) is 9.52. The van der Waals surface area contributed by atoms with Gasteiger partial charge in [0.15, 0.2) is 0 Å². The Bertz CT molecular complexity index is 929. The van der Waals surface area contributed by atoms with Gasteiger partial charge in [0.1, 0.15) is 11.3 Å². The Morgan fingerprint density at radius 1 is 1.21 bits per heavy atom. The third kappa shape index (κ3) is 3.98. The Balaban J connectivity index is 1.39. The number of amides is 1. The summed E-state index contributed by atoms with van der Waals surface area (Å²) < 4.78 is 1.57. The van der Waals surface area contributed by atoms with Crippen LogP contribution in [0.3, 0.4) is 0 Å². The molecule has 1 aromatic carbocycles. The standard InChI is InChI=1S/C20H24N6OS/c1-14-15(2)28-20(26-13-21-23-24-26)18(14)19(27)22-17-8-10-25(11-9-17)12-16-6-4-3-5-7-16/h3-7,13,17H,8-12H2,1-2H3,(H,22,27). The van der Waals surface area contributed by atoms with E-state index in [1.54, 1.807) is 16.0 Å². The molecule has 0 unspecified atom stereocenters. The summed E-state index contributed by atoms with van der Waals surface area (Å²) in [5.41, 5.74) is 3.01. The van der Waals surface area contributed by atoms with E-state index in [9.17, 15) is 4.79 Å². The van der Waals surface area contributed by atoms with Crippen molar-refractivity contribution in [3.63, 3.8) is 0 Å². The van der Waals surface area contributed by atoms with Crippen molar-refractivity contribution < 1.29 is 4.79 Å². The first kappa shape index (κ1) is 18.8. The van der Waals surface area contributed by atoms with Crippen LogP contribution in [0.1, 0.15) is 39.2 Å². The van der Waals surface area contributed by atoms with Crippen molar-refractivity contribution in [3.8, 4) is 5.00 Å². The van der Waals surface area contributed by atoms with Gasteiger partial charge in [0.05, 0.1) is 5.56 Å². The minimum atomic E-state index is -0.0335. The summed E-state index contributed by atoms with van der Waals surface area (Å²) >= 11 is 1.54. The largest absolute Gasteiger partial charge is 0.349 e. The van der Waals surface area contributed by atoms with E-state index < -0.39 is 0 Å². The molecule has 1 aliphatic heterocycles. The molecule has 0 spiro atoms. The summed E-state index contributed by atoms with van der Waals surface area (Å²) in [6, 6.07) is 10.7. The molecule has 4 rings (SSSR count). The lowest BCUT2D eigenvalue weighted by molar-refractivity contribution is 0.0908. The zero-order valence-corrected chi connectivity index (χ0v) is 16.9. The number of piperidine rings is 1. The highest BCUT2D eigenvalue weighted by atomic mass is 32.1. The minimum absolute atomic E-state index is 0.0335. The van der Waals surface area contributed by atoms with E-state index in [1.165, 1.54) is 11.9 Å². The van der Waals surface area contributed by atoms with Crippen LogP contribution in [0.5, 0.6) is 0 Å². The molecule has 1 N–H and O–H groups in total. The van der Waals surface area contributed by atoms with Crippen molar-refractivity contribution >= 4 is 17.2 Å². The van der Waals surface area contributed by atoms with Gasteiger partial charge in [-0.3, -0.25) is 9.69 Å². The second-order valence-electron chi connectivity index (χ2n) is 7.23. The number of hydrogen-bond donors (Lipinski definition) is 1. The van der Waals surface area contributed by atoms with Gasteiger partial charge in [-0.15, -0.1) is 16.4 Å². The van der Waals surface area contributed by atoms with Crippen LogP contribution in [0.2, 0.25) is 0 Å². The molecule has 28 heavy (non-hydrogen) atoms. The molecule has 1 aliphatic rings. The number of nitrogens with zero attached hydrogens (tertiary/aromatic N) is 5. The van der Waals surface area contributed by atoms with Crippen LogP contribution in [-0.4, -0.2) is 50.1 Å². The topological polar surface area (TPSA) is 75.9 Å². The fraction of sp³-hybridized carbons (Fsp3) is 0.400. The first-order valence-corrected chi connectivity index (χ1v) is 10.3. The number of rotatable bonds is 5. The lowest BCUT2D eigenvalue weighted by atomic mass is 10.0. The average Bonchev–Trinajstić information content (AvgIpc) is 3.33. The normalized spacial score (nSPS) is 15.6. The van der Waals surface area contributed by atoms with Crippen LogP contribution in [-0.2, 0) is 6.54 Å². The Labute approximate surface area is 168 Å². The molecule has 0 radical (unpaired) electrons.